The Kier molecular flexibility index (Phi) is 7.05. The molecule has 2 aromatic heterocycles. The number of hydrazine groups is 2. The second-order valence-corrected chi connectivity index (χ2v) is 10.4. The van der Waals surface area contributed by atoms with Crippen LogP contribution in [0.2, 0.25) is 0 Å². The van der Waals surface area contributed by atoms with E-state index in [0.29, 0.717) is 30.4 Å². The van der Waals surface area contributed by atoms with Gasteiger partial charge in [-0.2, -0.15) is 4.98 Å². The van der Waals surface area contributed by atoms with Gasteiger partial charge in [0.25, 0.3) is 5.88 Å². The molecule has 1 saturated heterocycles. The van der Waals surface area contributed by atoms with Gasteiger partial charge in [0.05, 0.1) is 11.1 Å². The number of carbonyl (C=O) groups excluding carboxylic acids is 1. The van der Waals surface area contributed by atoms with Crippen molar-refractivity contribution < 1.29 is 9.63 Å². The van der Waals surface area contributed by atoms with E-state index in [4.69, 9.17) is 4.84 Å². The zero-order valence-electron chi connectivity index (χ0n) is 21.2. The van der Waals surface area contributed by atoms with Gasteiger partial charge in [0.2, 0.25) is 0 Å². The number of nitrogens with one attached hydrogen (secondary N) is 3. The lowest BCUT2D eigenvalue weighted by Gasteiger charge is -2.26. The Morgan fingerprint density at radius 2 is 2.00 bits per heavy atom. The number of likely N-dealkylation sites (tertiary alicyclic amines) is 1. The first-order valence-corrected chi connectivity index (χ1v) is 13.6. The van der Waals surface area contributed by atoms with E-state index in [2.05, 4.69) is 43.0 Å². The van der Waals surface area contributed by atoms with Gasteiger partial charge in [0.15, 0.2) is 0 Å². The molecule has 0 bridgehead atoms. The third-order valence-electron chi connectivity index (χ3n) is 7.83. The number of fused-ring (bicyclic) bond motifs is 2. The molecule has 0 saturated carbocycles. The van der Waals surface area contributed by atoms with E-state index in [1.54, 1.807) is 5.17 Å². The molecule has 1 fully saturated rings. The molecule has 194 valence electrons. The zero-order chi connectivity index (χ0) is 25.0. The average Bonchev–Trinajstić information content (AvgIpc) is 3.57. The highest BCUT2D eigenvalue weighted by Gasteiger charge is 2.23. The predicted octanol–water partition coefficient (Wildman–Crippen LogP) is 5.01. The van der Waals surface area contributed by atoms with Crippen LogP contribution in [0.15, 0.2) is 42.7 Å². The molecule has 6 rings (SSSR count). The Labute approximate surface area is 217 Å². The number of carbonyl (C=O) groups is 1. The number of aromatic amines is 1. The molecule has 1 aromatic carbocycles. The number of Topliss-reactive ketones (excluding diaryl/α,β-unsaturated/α-hetero) is 1. The number of hydrogen-bond acceptors (Lipinski definition) is 8. The van der Waals surface area contributed by atoms with Crippen LogP contribution >= 0.6 is 0 Å². The van der Waals surface area contributed by atoms with Crippen molar-refractivity contribution in [3.05, 3.63) is 48.4 Å². The van der Waals surface area contributed by atoms with Crippen LogP contribution in [0.1, 0.15) is 63.5 Å². The SMILES string of the molecule is O=C(CCC1CC=C(c2cc3c(ON4NNc5ccccc54)ncnc3[nH]2)CC1)CCN1CCCCC1. The highest BCUT2D eigenvalue weighted by Crippen LogP contribution is 2.35. The molecule has 37 heavy (non-hydrogen) atoms. The average molecular weight is 502 g/mol. The zero-order valence-corrected chi connectivity index (χ0v) is 21.2. The molecule has 9 heteroatoms. The second kappa shape index (κ2) is 10.9. The van der Waals surface area contributed by atoms with Crippen molar-refractivity contribution in [1.29, 1.82) is 0 Å². The first kappa shape index (κ1) is 23.9. The third-order valence-corrected chi connectivity index (χ3v) is 7.83. The molecule has 3 aromatic rings. The third kappa shape index (κ3) is 5.47. The van der Waals surface area contributed by atoms with Crippen LogP contribution < -0.4 is 21.0 Å². The normalized spacial score (nSPS) is 19.9. The van der Waals surface area contributed by atoms with Crippen molar-refractivity contribution in [3.63, 3.8) is 0 Å². The van der Waals surface area contributed by atoms with Crippen LogP contribution in [0, 0.1) is 5.92 Å². The first-order valence-electron chi connectivity index (χ1n) is 13.6. The van der Waals surface area contributed by atoms with Crippen LogP contribution in [0.25, 0.3) is 16.6 Å². The van der Waals surface area contributed by atoms with E-state index >= 15 is 0 Å². The van der Waals surface area contributed by atoms with E-state index in [-0.39, 0.29) is 0 Å². The predicted molar refractivity (Wildman–Crippen MR) is 145 cm³/mol. The molecule has 0 spiro atoms. The summed E-state index contributed by atoms with van der Waals surface area (Å²) >= 11 is 0. The van der Waals surface area contributed by atoms with Gasteiger partial charge < -0.3 is 14.7 Å². The number of piperidine rings is 1. The Balaban J connectivity index is 1.05. The summed E-state index contributed by atoms with van der Waals surface area (Å²) in [5, 5.41) is 2.41. The minimum atomic E-state index is 0.424. The molecular weight excluding hydrogens is 466 g/mol. The van der Waals surface area contributed by atoms with Gasteiger partial charge in [0, 0.05) is 25.1 Å². The molecule has 2 aliphatic heterocycles. The Morgan fingerprint density at radius 3 is 2.86 bits per heavy atom. The number of rotatable bonds is 9. The van der Waals surface area contributed by atoms with E-state index in [9.17, 15) is 4.79 Å². The lowest BCUT2D eigenvalue weighted by molar-refractivity contribution is -0.119. The molecule has 3 aliphatic rings. The fraction of sp³-hybridized carbons (Fsp3) is 0.464. The molecule has 1 aliphatic carbocycles. The van der Waals surface area contributed by atoms with Gasteiger partial charge in [-0.25, -0.2) is 4.98 Å². The summed E-state index contributed by atoms with van der Waals surface area (Å²) in [4.78, 5) is 33.2. The maximum atomic E-state index is 12.5. The molecule has 0 amide bonds. The molecule has 4 heterocycles. The summed E-state index contributed by atoms with van der Waals surface area (Å²) in [6.07, 6.45) is 13.3. The highest BCUT2D eigenvalue weighted by atomic mass is 16.7. The van der Waals surface area contributed by atoms with Crippen molar-refractivity contribution in [2.75, 3.05) is 30.2 Å². The lowest BCUT2D eigenvalue weighted by atomic mass is 9.85. The summed E-state index contributed by atoms with van der Waals surface area (Å²) < 4.78 is 0. The number of ketones is 1. The Hall–Kier alpha value is -3.43. The van der Waals surface area contributed by atoms with Crippen LogP contribution in [-0.4, -0.2) is 45.3 Å². The smallest absolute Gasteiger partial charge is 0.260 e. The summed E-state index contributed by atoms with van der Waals surface area (Å²) in [5.74, 6) is 1.49. The van der Waals surface area contributed by atoms with Crippen LogP contribution in [-0.2, 0) is 4.79 Å². The maximum absolute atomic E-state index is 12.5. The molecule has 3 N–H and O–H groups in total. The van der Waals surface area contributed by atoms with Crippen molar-refractivity contribution in [3.8, 4) is 5.88 Å². The maximum Gasteiger partial charge on any atom is 0.260 e. The minimum Gasteiger partial charge on any atom is -0.341 e. The van der Waals surface area contributed by atoms with Crippen molar-refractivity contribution in [2.24, 2.45) is 5.92 Å². The summed E-state index contributed by atoms with van der Waals surface area (Å²) in [6.45, 7) is 3.27. The van der Waals surface area contributed by atoms with Gasteiger partial charge in [-0.15, -0.1) is 10.7 Å². The fourth-order valence-corrected chi connectivity index (χ4v) is 5.60. The quantitative estimate of drug-likeness (QED) is 0.376. The number of benzene rings is 1. The van der Waals surface area contributed by atoms with E-state index < -0.39 is 0 Å². The van der Waals surface area contributed by atoms with Gasteiger partial charge in [-0.05, 0) is 81.3 Å². The monoisotopic (exact) mass is 501 g/mol. The molecule has 9 nitrogen and oxygen atoms in total. The van der Waals surface area contributed by atoms with Gasteiger partial charge in [0.1, 0.15) is 23.4 Å². The molecule has 0 radical (unpaired) electrons. The summed E-state index contributed by atoms with van der Waals surface area (Å²) in [5.41, 5.74) is 11.0. The summed E-state index contributed by atoms with van der Waals surface area (Å²) in [6, 6.07) is 9.95. The van der Waals surface area contributed by atoms with Gasteiger partial charge >= 0.3 is 0 Å². The Morgan fingerprint density at radius 1 is 1.11 bits per heavy atom. The fourth-order valence-electron chi connectivity index (χ4n) is 5.60. The topological polar surface area (TPSA) is 98.4 Å². The van der Waals surface area contributed by atoms with Gasteiger partial charge in [-0.1, -0.05) is 24.6 Å². The number of anilines is 2. The number of aromatic nitrogens is 3. The molecule has 1 unspecified atom stereocenters. The number of hydrogen-bond donors (Lipinski definition) is 3. The van der Waals surface area contributed by atoms with Crippen LogP contribution in [0.4, 0.5) is 11.4 Å². The lowest BCUT2D eigenvalue weighted by Crippen LogP contribution is -2.39. The number of nitrogens with zero attached hydrogens (tertiary/aromatic N) is 4. The molecular formula is C28H35N7O2. The van der Waals surface area contributed by atoms with Crippen molar-refractivity contribution in [2.45, 2.75) is 57.8 Å². The van der Waals surface area contributed by atoms with Crippen LogP contribution in [0.5, 0.6) is 5.88 Å². The van der Waals surface area contributed by atoms with E-state index in [1.807, 2.05) is 24.3 Å². The number of H-pyrrole nitrogens is 1. The highest BCUT2D eigenvalue weighted by molar-refractivity contribution is 5.86. The van der Waals surface area contributed by atoms with Crippen molar-refractivity contribution in [1.82, 2.24) is 25.4 Å². The second-order valence-electron chi connectivity index (χ2n) is 10.4. The van der Waals surface area contributed by atoms with Crippen molar-refractivity contribution >= 4 is 33.8 Å². The molecule has 1 atom stereocenters. The number of allylic oxidation sites excluding steroid dienone is 2. The largest absolute Gasteiger partial charge is 0.341 e. The number of para-hydroxylation sites is 2. The van der Waals surface area contributed by atoms with Crippen LogP contribution in [0.3, 0.4) is 0 Å². The standard InChI is InChI=1S/C28H35N7O2/c36-22(14-17-34-15-4-1-5-16-34)13-10-20-8-11-21(12-9-20)25-18-23-27(31-25)29-19-30-28(23)37-35-26-7-3-2-6-24(26)32-33-35/h2-3,6-7,11,18-20,32-33H,1,4-5,8-10,12-17H2,(H,29,30,31). The first-order chi connectivity index (χ1) is 18.2. The summed E-state index contributed by atoms with van der Waals surface area (Å²) in [7, 11) is 0. The van der Waals surface area contributed by atoms with E-state index in [0.717, 1.165) is 73.4 Å². The van der Waals surface area contributed by atoms with Gasteiger partial charge in [-0.3, -0.25) is 10.2 Å². The van der Waals surface area contributed by atoms with E-state index in [1.165, 1.54) is 31.2 Å². The minimum absolute atomic E-state index is 0.424. The Bertz CT molecular complexity index is 1280.